The van der Waals surface area contributed by atoms with Crippen molar-refractivity contribution >= 4 is 29.9 Å². The highest BCUT2D eigenvalue weighted by atomic mass is 127. The zero-order valence-electron chi connectivity index (χ0n) is 19.3. The van der Waals surface area contributed by atoms with E-state index in [9.17, 15) is 0 Å². The number of hydrogen-bond donors (Lipinski definition) is 2. The molecule has 0 aromatic heterocycles. The molecule has 1 heterocycles. The van der Waals surface area contributed by atoms with Gasteiger partial charge in [0.25, 0.3) is 0 Å². The first-order chi connectivity index (χ1) is 15.3. The van der Waals surface area contributed by atoms with Gasteiger partial charge in [0.15, 0.2) is 5.96 Å². The third kappa shape index (κ3) is 8.60. The number of ether oxygens (including phenoxy) is 2. The van der Waals surface area contributed by atoms with Gasteiger partial charge in [-0.15, -0.1) is 24.0 Å². The van der Waals surface area contributed by atoms with Crippen LogP contribution in [-0.4, -0.2) is 56.9 Å². The standard InChI is InChI=1S/C25H36N4O2.HI/c1-3-26-25(27-14-13-21-9-7-8-12-24(21)31-4-2)28-19-22-10-5-6-11-23(22)20-29-15-17-30-18-16-29;/h5-12H,3-4,13-20H2,1-2H3,(H2,26,27,28);1H. The Morgan fingerprint density at radius 3 is 2.38 bits per heavy atom. The largest absolute Gasteiger partial charge is 0.494 e. The minimum Gasteiger partial charge on any atom is -0.494 e. The quantitative estimate of drug-likeness (QED) is 0.267. The number of halogens is 1. The number of rotatable bonds is 10. The Morgan fingerprint density at radius 1 is 0.969 bits per heavy atom. The Kier molecular flexibility index (Phi) is 12.4. The van der Waals surface area contributed by atoms with Crippen molar-refractivity contribution in [2.45, 2.75) is 33.4 Å². The van der Waals surface area contributed by atoms with Crippen molar-refractivity contribution in [3.05, 3.63) is 65.2 Å². The number of aliphatic imine (C=N–C) groups is 1. The van der Waals surface area contributed by atoms with Crippen LogP contribution in [0.25, 0.3) is 0 Å². The van der Waals surface area contributed by atoms with Crippen molar-refractivity contribution in [2.75, 3.05) is 46.0 Å². The molecular formula is C25H37IN4O2. The zero-order chi connectivity index (χ0) is 21.7. The smallest absolute Gasteiger partial charge is 0.191 e. The van der Waals surface area contributed by atoms with Crippen LogP contribution in [0.15, 0.2) is 53.5 Å². The molecule has 32 heavy (non-hydrogen) atoms. The van der Waals surface area contributed by atoms with Gasteiger partial charge in [0, 0.05) is 32.7 Å². The second-order valence-corrected chi connectivity index (χ2v) is 7.57. The zero-order valence-corrected chi connectivity index (χ0v) is 21.6. The van der Waals surface area contributed by atoms with Crippen LogP contribution in [0.5, 0.6) is 5.75 Å². The second kappa shape index (κ2) is 15.1. The van der Waals surface area contributed by atoms with Crippen LogP contribution in [-0.2, 0) is 24.2 Å². The lowest BCUT2D eigenvalue weighted by atomic mass is 10.1. The molecule has 0 radical (unpaired) electrons. The first-order valence-electron chi connectivity index (χ1n) is 11.4. The average molecular weight is 553 g/mol. The van der Waals surface area contributed by atoms with Crippen LogP contribution in [0.2, 0.25) is 0 Å². The van der Waals surface area contributed by atoms with Crippen LogP contribution >= 0.6 is 24.0 Å². The monoisotopic (exact) mass is 552 g/mol. The summed E-state index contributed by atoms with van der Waals surface area (Å²) in [5, 5.41) is 6.83. The topological polar surface area (TPSA) is 58.1 Å². The number of hydrogen-bond acceptors (Lipinski definition) is 4. The molecule has 2 N–H and O–H groups in total. The van der Waals surface area contributed by atoms with Crippen molar-refractivity contribution in [1.29, 1.82) is 0 Å². The van der Waals surface area contributed by atoms with Crippen molar-refractivity contribution in [1.82, 2.24) is 15.5 Å². The van der Waals surface area contributed by atoms with Gasteiger partial charge in [-0.05, 0) is 43.0 Å². The summed E-state index contributed by atoms with van der Waals surface area (Å²) in [6, 6.07) is 16.8. The van der Waals surface area contributed by atoms with E-state index >= 15 is 0 Å². The molecule has 7 heteroatoms. The Bertz CT molecular complexity index is 825. The maximum absolute atomic E-state index is 5.74. The number of guanidine groups is 1. The molecule has 3 rings (SSSR count). The lowest BCUT2D eigenvalue weighted by molar-refractivity contribution is 0.0341. The Balaban J connectivity index is 0.00000363. The van der Waals surface area contributed by atoms with E-state index in [2.05, 4.69) is 58.9 Å². The number of benzene rings is 2. The first kappa shape index (κ1) is 26.4. The van der Waals surface area contributed by atoms with E-state index in [4.69, 9.17) is 14.5 Å². The molecule has 0 saturated carbocycles. The molecule has 1 fully saturated rings. The Morgan fingerprint density at radius 2 is 1.66 bits per heavy atom. The molecule has 1 aliphatic rings. The highest BCUT2D eigenvalue weighted by molar-refractivity contribution is 14.0. The Hall–Kier alpha value is -1.84. The third-order valence-electron chi connectivity index (χ3n) is 5.33. The van der Waals surface area contributed by atoms with Crippen LogP contribution < -0.4 is 15.4 Å². The van der Waals surface area contributed by atoms with E-state index in [0.29, 0.717) is 13.2 Å². The highest BCUT2D eigenvalue weighted by Gasteiger charge is 2.12. The summed E-state index contributed by atoms with van der Waals surface area (Å²) < 4.78 is 11.2. The Labute approximate surface area is 209 Å². The van der Waals surface area contributed by atoms with Crippen LogP contribution in [0.3, 0.4) is 0 Å². The number of para-hydroxylation sites is 1. The number of morpholine rings is 1. The second-order valence-electron chi connectivity index (χ2n) is 7.57. The van der Waals surface area contributed by atoms with Crippen molar-refractivity contribution in [3.63, 3.8) is 0 Å². The molecule has 0 spiro atoms. The fourth-order valence-electron chi connectivity index (χ4n) is 3.69. The van der Waals surface area contributed by atoms with Gasteiger partial charge in [-0.3, -0.25) is 4.90 Å². The van der Waals surface area contributed by atoms with Crippen LogP contribution in [0, 0.1) is 0 Å². The fourth-order valence-corrected chi connectivity index (χ4v) is 3.69. The van der Waals surface area contributed by atoms with E-state index in [0.717, 1.165) is 64.1 Å². The van der Waals surface area contributed by atoms with E-state index in [1.807, 2.05) is 19.1 Å². The summed E-state index contributed by atoms with van der Waals surface area (Å²) >= 11 is 0. The first-order valence-corrected chi connectivity index (χ1v) is 11.4. The minimum atomic E-state index is 0. The summed E-state index contributed by atoms with van der Waals surface area (Å²) in [5.74, 6) is 1.81. The lowest BCUT2D eigenvalue weighted by Gasteiger charge is -2.27. The summed E-state index contributed by atoms with van der Waals surface area (Å²) in [6.07, 6.45) is 0.883. The van der Waals surface area contributed by atoms with E-state index in [-0.39, 0.29) is 24.0 Å². The maximum Gasteiger partial charge on any atom is 0.191 e. The minimum absolute atomic E-state index is 0. The van der Waals surface area contributed by atoms with Gasteiger partial charge in [0.2, 0.25) is 0 Å². The lowest BCUT2D eigenvalue weighted by Crippen LogP contribution is -2.38. The van der Waals surface area contributed by atoms with E-state index in [1.54, 1.807) is 0 Å². The summed E-state index contributed by atoms with van der Waals surface area (Å²) in [4.78, 5) is 7.30. The molecule has 0 unspecified atom stereocenters. The SMILES string of the molecule is CCNC(=NCc1ccccc1CN1CCOCC1)NCCc1ccccc1OCC.I. The van der Waals surface area contributed by atoms with Gasteiger partial charge in [-0.25, -0.2) is 4.99 Å². The van der Waals surface area contributed by atoms with Gasteiger partial charge in [-0.2, -0.15) is 0 Å². The molecule has 6 nitrogen and oxygen atoms in total. The summed E-state index contributed by atoms with van der Waals surface area (Å²) in [7, 11) is 0. The normalized spacial score (nSPS) is 14.5. The highest BCUT2D eigenvalue weighted by Crippen LogP contribution is 2.18. The summed E-state index contributed by atoms with van der Waals surface area (Å²) in [6.45, 7) is 11.6. The molecule has 1 aliphatic heterocycles. The molecule has 2 aromatic carbocycles. The average Bonchev–Trinajstić information content (AvgIpc) is 2.80. The molecule has 176 valence electrons. The number of nitrogens with zero attached hydrogens (tertiary/aromatic N) is 2. The fraction of sp³-hybridized carbons (Fsp3) is 0.480. The van der Waals surface area contributed by atoms with Crippen molar-refractivity contribution in [3.8, 4) is 5.75 Å². The molecule has 2 aromatic rings. The van der Waals surface area contributed by atoms with Gasteiger partial charge in [0.1, 0.15) is 5.75 Å². The van der Waals surface area contributed by atoms with Crippen molar-refractivity contribution < 1.29 is 9.47 Å². The predicted molar refractivity (Wildman–Crippen MR) is 142 cm³/mol. The maximum atomic E-state index is 5.74. The van der Waals surface area contributed by atoms with Gasteiger partial charge in [0.05, 0.1) is 26.4 Å². The number of nitrogens with one attached hydrogen (secondary N) is 2. The molecule has 0 atom stereocenters. The van der Waals surface area contributed by atoms with Gasteiger partial charge in [-0.1, -0.05) is 42.5 Å². The molecule has 1 saturated heterocycles. The van der Waals surface area contributed by atoms with Gasteiger partial charge < -0.3 is 20.1 Å². The van der Waals surface area contributed by atoms with Crippen LogP contribution in [0.4, 0.5) is 0 Å². The molecule has 0 amide bonds. The van der Waals surface area contributed by atoms with Gasteiger partial charge >= 0.3 is 0 Å². The predicted octanol–water partition coefficient (Wildman–Crippen LogP) is 3.83. The molecule has 0 bridgehead atoms. The summed E-state index contributed by atoms with van der Waals surface area (Å²) in [5.41, 5.74) is 3.83. The third-order valence-corrected chi connectivity index (χ3v) is 5.33. The molecule has 0 aliphatic carbocycles. The molecular weight excluding hydrogens is 515 g/mol. The van der Waals surface area contributed by atoms with Crippen molar-refractivity contribution in [2.24, 2.45) is 4.99 Å². The van der Waals surface area contributed by atoms with E-state index < -0.39 is 0 Å². The van der Waals surface area contributed by atoms with Crippen LogP contribution in [0.1, 0.15) is 30.5 Å². The van der Waals surface area contributed by atoms with E-state index in [1.165, 1.54) is 16.7 Å².